The van der Waals surface area contributed by atoms with Crippen LogP contribution in [0, 0.1) is 25.7 Å². The lowest BCUT2D eigenvalue weighted by Gasteiger charge is -2.12. The molecule has 33 heavy (non-hydrogen) atoms. The summed E-state index contributed by atoms with van der Waals surface area (Å²) in [7, 11) is 0. The highest BCUT2D eigenvalue weighted by Crippen LogP contribution is 2.29. The summed E-state index contributed by atoms with van der Waals surface area (Å²) >= 11 is 0. The average molecular weight is 438 g/mol. The van der Waals surface area contributed by atoms with Gasteiger partial charge in [0.15, 0.2) is 0 Å². The molecule has 1 amide bonds. The van der Waals surface area contributed by atoms with Gasteiger partial charge in [-0.05, 0) is 67.9 Å². The third-order valence-electron chi connectivity index (χ3n) is 4.84. The van der Waals surface area contributed by atoms with Gasteiger partial charge in [0.05, 0.1) is 18.3 Å². The molecule has 0 fully saturated rings. The van der Waals surface area contributed by atoms with Crippen molar-refractivity contribution in [1.82, 2.24) is 20.3 Å². The zero-order valence-electron chi connectivity index (χ0n) is 18.6. The van der Waals surface area contributed by atoms with Gasteiger partial charge in [-0.25, -0.2) is 9.97 Å². The Morgan fingerprint density at radius 1 is 1.03 bits per heavy atom. The van der Waals surface area contributed by atoms with Crippen LogP contribution in [0.4, 0.5) is 11.5 Å². The first-order chi connectivity index (χ1) is 16.0. The SMILES string of the molecule is CC(=O)NCC#Cc1ccc2ncnc(Nc3ccc(Oc4ccc(C)nc4)c(C)c3)c2c1. The lowest BCUT2D eigenvalue weighted by molar-refractivity contribution is -0.118. The Morgan fingerprint density at radius 3 is 2.67 bits per heavy atom. The fourth-order valence-electron chi connectivity index (χ4n) is 3.17. The Balaban J connectivity index is 1.55. The molecule has 2 heterocycles. The van der Waals surface area contributed by atoms with Crippen LogP contribution in [-0.2, 0) is 4.79 Å². The number of benzene rings is 2. The van der Waals surface area contributed by atoms with Crippen LogP contribution in [0.5, 0.6) is 11.5 Å². The van der Waals surface area contributed by atoms with E-state index in [4.69, 9.17) is 4.74 Å². The molecular weight excluding hydrogens is 414 g/mol. The second kappa shape index (κ2) is 9.79. The highest BCUT2D eigenvalue weighted by molar-refractivity contribution is 5.91. The molecule has 0 bridgehead atoms. The molecule has 0 saturated carbocycles. The standard InChI is InChI=1S/C26H23N5O2/c1-17-13-21(8-11-25(17)33-22-9-6-18(2)28-15-22)31-26-23-14-20(5-4-12-27-19(3)32)7-10-24(23)29-16-30-26/h6-11,13-16H,12H2,1-3H3,(H,27,32)(H,29,30,31). The van der Waals surface area contributed by atoms with Crippen molar-refractivity contribution in [3.8, 4) is 23.3 Å². The maximum absolute atomic E-state index is 11.0. The topological polar surface area (TPSA) is 89.0 Å². The van der Waals surface area contributed by atoms with Gasteiger partial charge in [0.2, 0.25) is 5.91 Å². The molecule has 2 aromatic carbocycles. The number of hydrogen-bond donors (Lipinski definition) is 2. The monoisotopic (exact) mass is 437 g/mol. The van der Waals surface area contributed by atoms with Gasteiger partial charge < -0.3 is 15.4 Å². The summed E-state index contributed by atoms with van der Waals surface area (Å²) in [5, 5.41) is 6.89. The molecule has 0 aliphatic carbocycles. The molecule has 0 spiro atoms. The van der Waals surface area contributed by atoms with Crippen molar-refractivity contribution in [3.63, 3.8) is 0 Å². The third kappa shape index (κ3) is 5.63. The summed E-state index contributed by atoms with van der Waals surface area (Å²) < 4.78 is 5.96. The molecule has 0 atom stereocenters. The lowest BCUT2D eigenvalue weighted by Crippen LogP contribution is -2.19. The number of amides is 1. The van der Waals surface area contributed by atoms with Crippen LogP contribution in [0.3, 0.4) is 0 Å². The number of anilines is 2. The predicted octanol–water partition coefficient (Wildman–Crippen LogP) is 4.67. The minimum Gasteiger partial charge on any atom is -0.455 e. The normalized spacial score (nSPS) is 10.3. The van der Waals surface area contributed by atoms with E-state index in [1.807, 2.05) is 62.4 Å². The number of fused-ring (bicyclic) bond motifs is 1. The summed E-state index contributed by atoms with van der Waals surface area (Å²) in [6, 6.07) is 15.4. The van der Waals surface area contributed by atoms with Crippen molar-refractivity contribution in [1.29, 1.82) is 0 Å². The van der Waals surface area contributed by atoms with Gasteiger partial charge >= 0.3 is 0 Å². The summed E-state index contributed by atoms with van der Waals surface area (Å²) in [5.41, 5.74) is 4.42. The zero-order valence-corrected chi connectivity index (χ0v) is 18.6. The largest absolute Gasteiger partial charge is 0.455 e. The maximum atomic E-state index is 11.0. The fourth-order valence-corrected chi connectivity index (χ4v) is 3.17. The van der Waals surface area contributed by atoms with Crippen molar-refractivity contribution >= 4 is 28.3 Å². The summed E-state index contributed by atoms with van der Waals surface area (Å²) in [6.45, 7) is 5.69. The third-order valence-corrected chi connectivity index (χ3v) is 4.84. The second-order valence-electron chi connectivity index (χ2n) is 7.51. The molecule has 2 aromatic heterocycles. The molecule has 7 nitrogen and oxygen atoms in total. The van der Waals surface area contributed by atoms with Crippen molar-refractivity contribution in [2.24, 2.45) is 0 Å². The van der Waals surface area contributed by atoms with Gasteiger partial charge in [-0.3, -0.25) is 9.78 Å². The highest BCUT2D eigenvalue weighted by atomic mass is 16.5. The fraction of sp³-hybridized carbons (Fsp3) is 0.154. The Labute approximate surface area is 192 Å². The highest BCUT2D eigenvalue weighted by Gasteiger charge is 2.08. The molecule has 4 aromatic rings. The Morgan fingerprint density at radius 2 is 1.91 bits per heavy atom. The van der Waals surface area contributed by atoms with E-state index < -0.39 is 0 Å². The number of nitrogens with one attached hydrogen (secondary N) is 2. The van der Waals surface area contributed by atoms with Crippen LogP contribution in [0.15, 0.2) is 61.1 Å². The van der Waals surface area contributed by atoms with Gasteiger partial charge in [0.1, 0.15) is 23.6 Å². The molecule has 4 rings (SSSR count). The van der Waals surface area contributed by atoms with Crippen molar-refractivity contribution in [3.05, 3.63) is 77.9 Å². The van der Waals surface area contributed by atoms with Crippen LogP contribution in [0.1, 0.15) is 23.7 Å². The van der Waals surface area contributed by atoms with Crippen LogP contribution in [-0.4, -0.2) is 27.4 Å². The van der Waals surface area contributed by atoms with Crippen molar-refractivity contribution < 1.29 is 9.53 Å². The van der Waals surface area contributed by atoms with E-state index in [0.29, 0.717) is 18.1 Å². The average Bonchev–Trinajstić information content (AvgIpc) is 2.80. The number of aryl methyl sites for hydroxylation is 2. The number of carbonyl (C=O) groups is 1. The van der Waals surface area contributed by atoms with Gasteiger partial charge in [0, 0.05) is 29.3 Å². The van der Waals surface area contributed by atoms with E-state index in [-0.39, 0.29) is 5.91 Å². The first-order valence-corrected chi connectivity index (χ1v) is 10.4. The smallest absolute Gasteiger partial charge is 0.217 e. The van der Waals surface area contributed by atoms with Gasteiger partial charge in [0.25, 0.3) is 0 Å². The quantitative estimate of drug-likeness (QED) is 0.441. The molecule has 0 saturated heterocycles. The molecule has 7 heteroatoms. The van der Waals surface area contributed by atoms with E-state index >= 15 is 0 Å². The van der Waals surface area contributed by atoms with Crippen LogP contribution < -0.4 is 15.4 Å². The maximum Gasteiger partial charge on any atom is 0.217 e. The first-order valence-electron chi connectivity index (χ1n) is 10.4. The van der Waals surface area contributed by atoms with E-state index in [1.54, 1.807) is 6.20 Å². The molecule has 0 unspecified atom stereocenters. The van der Waals surface area contributed by atoms with Crippen LogP contribution in [0.2, 0.25) is 0 Å². The number of pyridine rings is 1. The minimum absolute atomic E-state index is 0.107. The van der Waals surface area contributed by atoms with Crippen LogP contribution in [0.25, 0.3) is 10.9 Å². The zero-order chi connectivity index (χ0) is 23.2. The second-order valence-corrected chi connectivity index (χ2v) is 7.51. The molecule has 0 radical (unpaired) electrons. The van der Waals surface area contributed by atoms with Gasteiger partial charge in [-0.2, -0.15) is 0 Å². The summed E-state index contributed by atoms with van der Waals surface area (Å²) in [5.74, 6) is 8.03. The van der Waals surface area contributed by atoms with Crippen LogP contribution >= 0.6 is 0 Å². The molecule has 164 valence electrons. The molecule has 0 aliphatic heterocycles. The number of carbonyl (C=O) groups excluding carboxylic acids is 1. The first kappa shape index (κ1) is 21.8. The summed E-state index contributed by atoms with van der Waals surface area (Å²) in [4.78, 5) is 24.0. The number of hydrogen-bond acceptors (Lipinski definition) is 6. The van der Waals surface area contributed by atoms with E-state index in [2.05, 4.69) is 37.4 Å². The van der Waals surface area contributed by atoms with E-state index in [1.165, 1.54) is 13.3 Å². The lowest BCUT2D eigenvalue weighted by atomic mass is 10.1. The van der Waals surface area contributed by atoms with Gasteiger partial charge in [-0.1, -0.05) is 11.8 Å². The van der Waals surface area contributed by atoms with E-state index in [9.17, 15) is 4.79 Å². The van der Waals surface area contributed by atoms with E-state index in [0.717, 1.165) is 39.2 Å². The number of ether oxygens (including phenoxy) is 1. The summed E-state index contributed by atoms with van der Waals surface area (Å²) in [6.07, 6.45) is 3.24. The predicted molar refractivity (Wildman–Crippen MR) is 129 cm³/mol. The van der Waals surface area contributed by atoms with Crippen molar-refractivity contribution in [2.45, 2.75) is 20.8 Å². The van der Waals surface area contributed by atoms with Crippen molar-refractivity contribution in [2.75, 3.05) is 11.9 Å². The number of rotatable bonds is 5. The Bertz CT molecular complexity index is 1370. The Kier molecular flexibility index (Phi) is 6.46. The Hall–Kier alpha value is -4.44. The van der Waals surface area contributed by atoms with Gasteiger partial charge in [-0.15, -0.1) is 0 Å². The number of nitrogens with zero attached hydrogens (tertiary/aromatic N) is 3. The molecular formula is C26H23N5O2. The minimum atomic E-state index is -0.107. The molecule has 0 aliphatic rings. The molecule has 2 N–H and O–H groups in total. The number of aromatic nitrogens is 3.